The number of hydrogen-bond acceptors (Lipinski definition) is 4. The Hall–Kier alpha value is -3.28. The highest BCUT2D eigenvalue weighted by Crippen LogP contribution is 2.26. The average molecular weight is 448 g/mol. The van der Waals surface area contributed by atoms with E-state index in [2.05, 4.69) is 4.98 Å². The number of carbonyl (C=O) groups excluding carboxylic acids is 1. The van der Waals surface area contributed by atoms with Crippen LogP contribution in [0.4, 0.5) is 0 Å². The molecule has 154 valence electrons. The maximum absolute atomic E-state index is 13.1. The second kappa shape index (κ2) is 8.84. The van der Waals surface area contributed by atoms with Crippen molar-refractivity contribution in [1.29, 1.82) is 0 Å². The Labute approximate surface area is 186 Å². The number of carbonyl (C=O) groups is 1. The Morgan fingerprint density at radius 1 is 0.806 bits per heavy atom. The topological polar surface area (TPSA) is 64.1 Å². The van der Waals surface area contributed by atoms with Crippen molar-refractivity contribution < 1.29 is 13.2 Å². The minimum atomic E-state index is -3.67. The Kier molecular flexibility index (Phi) is 5.98. The van der Waals surface area contributed by atoms with Gasteiger partial charge in [0.05, 0.1) is 10.6 Å². The van der Waals surface area contributed by atoms with Gasteiger partial charge in [-0.25, -0.2) is 8.42 Å². The van der Waals surface area contributed by atoms with Crippen molar-refractivity contribution in [2.24, 2.45) is 0 Å². The standard InChI is InChI=1S/C25H18ClNO3S/c26-22-9-6-21(24(16-22)25(28)20-12-14-27-15-13-20)17-31(29,30)23-10-7-19(8-11-23)18-4-2-1-3-5-18/h1-16H,17H2. The molecule has 0 amide bonds. The second-order valence-corrected chi connectivity index (χ2v) is 9.44. The van der Waals surface area contributed by atoms with Crippen molar-refractivity contribution in [3.05, 3.63) is 119 Å². The third-order valence-corrected chi connectivity index (χ3v) is 6.84. The fraction of sp³-hybridized carbons (Fsp3) is 0.0400. The summed E-state index contributed by atoms with van der Waals surface area (Å²) < 4.78 is 26.2. The lowest BCUT2D eigenvalue weighted by molar-refractivity contribution is 0.103. The van der Waals surface area contributed by atoms with Crippen LogP contribution in [0.15, 0.2) is 102 Å². The van der Waals surface area contributed by atoms with Crippen LogP contribution in [0, 0.1) is 0 Å². The smallest absolute Gasteiger partial charge is 0.193 e. The Morgan fingerprint density at radius 3 is 2.13 bits per heavy atom. The number of rotatable bonds is 6. The number of aromatic nitrogens is 1. The zero-order valence-corrected chi connectivity index (χ0v) is 18.0. The van der Waals surface area contributed by atoms with Crippen molar-refractivity contribution in [1.82, 2.24) is 4.98 Å². The summed E-state index contributed by atoms with van der Waals surface area (Å²) in [7, 11) is -3.67. The van der Waals surface area contributed by atoms with E-state index in [0.717, 1.165) is 11.1 Å². The predicted molar refractivity (Wildman–Crippen MR) is 122 cm³/mol. The van der Waals surface area contributed by atoms with Crippen molar-refractivity contribution in [2.45, 2.75) is 10.6 Å². The summed E-state index contributed by atoms with van der Waals surface area (Å²) in [5, 5.41) is 0.366. The van der Waals surface area contributed by atoms with Crippen molar-refractivity contribution in [3.8, 4) is 11.1 Å². The number of halogens is 1. The molecule has 3 aromatic carbocycles. The van der Waals surface area contributed by atoms with E-state index in [1.165, 1.54) is 18.5 Å². The summed E-state index contributed by atoms with van der Waals surface area (Å²) in [5.74, 6) is -0.601. The van der Waals surface area contributed by atoms with E-state index in [1.54, 1.807) is 48.5 Å². The number of sulfone groups is 1. The van der Waals surface area contributed by atoms with Gasteiger partial charge < -0.3 is 0 Å². The van der Waals surface area contributed by atoms with Crippen LogP contribution in [-0.4, -0.2) is 19.2 Å². The van der Waals surface area contributed by atoms with E-state index in [4.69, 9.17) is 11.6 Å². The van der Waals surface area contributed by atoms with E-state index in [9.17, 15) is 13.2 Å². The van der Waals surface area contributed by atoms with Gasteiger partial charge in [0, 0.05) is 28.5 Å². The molecule has 1 aromatic heterocycles. The van der Waals surface area contributed by atoms with Crippen LogP contribution in [0.1, 0.15) is 21.5 Å². The molecule has 0 saturated carbocycles. The van der Waals surface area contributed by atoms with Gasteiger partial charge in [0.15, 0.2) is 15.6 Å². The molecule has 1 heterocycles. The molecule has 0 aliphatic rings. The SMILES string of the molecule is O=C(c1ccncc1)c1cc(Cl)ccc1CS(=O)(=O)c1ccc(-c2ccccc2)cc1. The van der Waals surface area contributed by atoms with Gasteiger partial charge in [-0.05, 0) is 53.1 Å². The van der Waals surface area contributed by atoms with E-state index in [-0.39, 0.29) is 22.0 Å². The van der Waals surface area contributed by atoms with Crippen molar-refractivity contribution >= 4 is 27.2 Å². The van der Waals surface area contributed by atoms with Gasteiger partial charge in [0.2, 0.25) is 0 Å². The molecule has 0 fully saturated rings. The molecule has 6 heteroatoms. The molecule has 31 heavy (non-hydrogen) atoms. The lowest BCUT2D eigenvalue weighted by Gasteiger charge is -2.11. The summed E-state index contributed by atoms with van der Waals surface area (Å²) in [4.78, 5) is 17.1. The average Bonchev–Trinajstić information content (AvgIpc) is 2.81. The first-order chi connectivity index (χ1) is 14.9. The highest BCUT2D eigenvalue weighted by Gasteiger charge is 2.21. The molecule has 0 radical (unpaired) electrons. The third kappa shape index (κ3) is 4.74. The maximum atomic E-state index is 13.1. The van der Waals surface area contributed by atoms with Crippen molar-refractivity contribution in [2.75, 3.05) is 0 Å². The molecular formula is C25H18ClNO3S. The molecular weight excluding hydrogens is 430 g/mol. The van der Waals surface area contributed by atoms with Crippen molar-refractivity contribution in [3.63, 3.8) is 0 Å². The van der Waals surface area contributed by atoms with Crippen LogP contribution in [-0.2, 0) is 15.6 Å². The Balaban J connectivity index is 1.65. The van der Waals surface area contributed by atoms with E-state index < -0.39 is 9.84 Å². The van der Waals surface area contributed by atoms with Crippen LogP contribution in [0.25, 0.3) is 11.1 Å². The van der Waals surface area contributed by atoms with Gasteiger partial charge >= 0.3 is 0 Å². The molecule has 0 aliphatic heterocycles. The lowest BCUT2D eigenvalue weighted by Crippen LogP contribution is -2.11. The summed E-state index contributed by atoms with van der Waals surface area (Å²) in [6.45, 7) is 0. The van der Waals surface area contributed by atoms with Gasteiger partial charge in [-0.2, -0.15) is 0 Å². The molecule has 4 rings (SSSR count). The van der Waals surface area contributed by atoms with Gasteiger partial charge in [0.25, 0.3) is 0 Å². The molecule has 0 atom stereocenters. The fourth-order valence-electron chi connectivity index (χ4n) is 3.32. The van der Waals surface area contributed by atoms with Crippen LogP contribution < -0.4 is 0 Å². The van der Waals surface area contributed by atoms with E-state index >= 15 is 0 Å². The third-order valence-electron chi connectivity index (χ3n) is 4.93. The zero-order chi connectivity index (χ0) is 21.8. The first-order valence-electron chi connectivity index (χ1n) is 9.55. The van der Waals surface area contributed by atoms with Crippen LogP contribution in [0.3, 0.4) is 0 Å². The monoisotopic (exact) mass is 447 g/mol. The number of hydrogen-bond donors (Lipinski definition) is 0. The Morgan fingerprint density at radius 2 is 1.45 bits per heavy atom. The molecule has 0 saturated heterocycles. The molecule has 0 bridgehead atoms. The van der Waals surface area contributed by atoms with Gasteiger partial charge in [-0.15, -0.1) is 0 Å². The first-order valence-corrected chi connectivity index (χ1v) is 11.6. The number of benzene rings is 3. The number of nitrogens with zero attached hydrogens (tertiary/aromatic N) is 1. The summed E-state index contributed by atoms with van der Waals surface area (Å²) >= 11 is 6.10. The summed E-state index contributed by atoms with van der Waals surface area (Å²) in [6, 6.07) is 24.4. The minimum absolute atomic E-state index is 0.199. The summed E-state index contributed by atoms with van der Waals surface area (Å²) in [6.07, 6.45) is 3.03. The number of pyridine rings is 1. The fourth-order valence-corrected chi connectivity index (χ4v) is 4.87. The van der Waals surface area contributed by atoms with E-state index in [0.29, 0.717) is 16.1 Å². The zero-order valence-electron chi connectivity index (χ0n) is 16.4. The minimum Gasteiger partial charge on any atom is -0.289 e. The normalized spacial score (nSPS) is 11.3. The largest absolute Gasteiger partial charge is 0.289 e. The molecule has 0 spiro atoms. The maximum Gasteiger partial charge on any atom is 0.193 e. The quantitative estimate of drug-likeness (QED) is 0.360. The highest BCUT2D eigenvalue weighted by atomic mass is 35.5. The Bertz CT molecular complexity index is 1320. The number of ketones is 1. The summed E-state index contributed by atoms with van der Waals surface area (Å²) in [5.41, 5.74) is 3.03. The van der Waals surface area contributed by atoms with Gasteiger partial charge in [-0.3, -0.25) is 9.78 Å². The van der Waals surface area contributed by atoms with E-state index in [1.807, 2.05) is 30.3 Å². The van der Waals surface area contributed by atoms with Crippen LogP contribution >= 0.6 is 11.6 Å². The molecule has 0 unspecified atom stereocenters. The lowest BCUT2D eigenvalue weighted by atomic mass is 10.00. The van der Waals surface area contributed by atoms with Crippen LogP contribution in [0.5, 0.6) is 0 Å². The van der Waals surface area contributed by atoms with Crippen LogP contribution in [0.2, 0.25) is 5.02 Å². The first kappa shape index (κ1) is 21.0. The predicted octanol–water partition coefficient (Wildman–Crippen LogP) is 5.61. The molecule has 0 aliphatic carbocycles. The van der Waals surface area contributed by atoms with Gasteiger partial charge in [0.1, 0.15) is 0 Å². The second-order valence-electron chi connectivity index (χ2n) is 7.02. The molecule has 4 nitrogen and oxygen atoms in total. The van der Waals surface area contributed by atoms with Gasteiger partial charge in [-0.1, -0.05) is 60.1 Å². The highest BCUT2D eigenvalue weighted by molar-refractivity contribution is 7.90. The molecule has 4 aromatic rings. The molecule has 0 N–H and O–H groups in total.